The minimum Gasteiger partial charge on any atom is -0.376 e. The van der Waals surface area contributed by atoms with Gasteiger partial charge in [-0.3, -0.25) is 14.2 Å². The van der Waals surface area contributed by atoms with Crippen LogP contribution in [0.25, 0.3) is 11.0 Å². The molecule has 1 aromatic heterocycles. The normalized spacial score (nSPS) is 20.6. The van der Waals surface area contributed by atoms with Crippen LogP contribution in [0.1, 0.15) is 36.8 Å². The maximum atomic E-state index is 13.7. The maximum Gasteiger partial charge on any atom is 0.294 e. The van der Waals surface area contributed by atoms with Gasteiger partial charge in [0.2, 0.25) is 5.91 Å². The fourth-order valence-electron chi connectivity index (χ4n) is 4.97. The molecule has 0 saturated carbocycles. The summed E-state index contributed by atoms with van der Waals surface area (Å²) < 4.78 is 7.44. The predicted molar refractivity (Wildman–Crippen MR) is 133 cm³/mol. The summed E-state index contributed by atoms with van der Waals surface area (Å²) in [6.07, 6.45) is 3.85. The summed E-state index contributed by atoms with van der Waals surface area (Å²) >= 11 is 0. The number of hydrogen-bond donors (Lipinski definition) is 1. The molecule has 2 aliphatic rings. The summed E-state index contributed by atoms with van der Waals surface area (Å²) in [4.78, 5) is 33.3. The van der Waals surface area contributed by atoms with Crippen LogP contribution in [0, 0.1) is 12.8 Å². The molecule has 2 fully saturated rings. The molecular weight excluding hydrogens is 428 g/mol. The number of ether oxygens (including phenoxy) is 1. The SMILES string of the molecule is Cc1ccc(Cn2c(=O)c(N3CCC[C@@H](C(=O)NC[C@H]4CCCO4)C3)nc3ccccc32)cc1. The van der Waals surface area contributed by atoms with Gasteiger partial charge in [0.1, 0.15) is 0 Å². The van der Waals surface area contributed by atoms with Crippen molar-refractivity contribution < 1.29 is 9.53 Å². The van der Waals surface area contributed by atoms with E-state index in [1.54, 1.807) is 0 Å². The average molecular weight is 461 g/mol. The lowest BCUT2D eigenvalue weighted by Crippen LogP contribution is -2.46. The van der Waals surface area contributed by atoms with Gasteiger partial charge in [-0.05, 0) is 50.3 Å². The molecule has 5 rings (SSSR count). The number of hydrogen-bond acceptors (Lipinski definition) is 5. The third kappa shape index (κ3) is 4.85. The van der Waals surface area contributed by atoms with Gasteiger partial charge in [0.15, 0.2) is 5.82 Å². The highest BCUT2D eigenvalue weighted by Crippen LogP contribution is 2.23. The van der Waals surface area contributed by atoms with E-state index >= 15 is 0 Å². The van der Waals surface area contributed by atoms with Gasteiger partial charge < -0.3 is 15.0 Å². The molecule has 1 N–H and O–H groups in total. The van der Waals surface area contributed by atoms with Gasteiger partial charge in [-0.2, -0.15) is 0 Å². The third-order valence-corrected chi connectivity index (χ3v) is 6.92. The fraction of sp³-hybridized carbons (Fsp3) is 0.444. The first-order valence-electron chi connectivity index (χ1n) is 12.3. The quantitative estimate of drug-likeness (QED) is 0.611. The number of amides is 1. The highest BCUT2D eigenvalue weighted by atomic mass is 16.5. The summed E-state index contributed by atoms with van der Waals surface area (Å²) in [5, 5.41) is 3.06. The van der Waals surface area contributed by atoms with Crippen molar-refractivity contribution in [1.82, 2.24) is 14.9 Å². The van der Waals surface area contributed by atoms with Crippen LogP contribution in [0.15, 0.2) is 53.3 Å². The van der Waals surface area contributed by atoms with E-state index in [1.807, 2.05) is 33.7 Å². The molecule has 3 aromatic rings. The first-order chi connectivity index (χ1) is 16.6. The number of aromatic nitrogens is 2. The molecular formula is C27H32N4O3. The molecule has 7 heteroatoms. The van der Waals surface area contributed by atoms with Crippen molar-refractivity contribution in [3.63, 3.8) is 0 Å². The second-order valence-corrected chi connectivity index (χ2v) is 9.47. The molecule has 0 radical (unpaired) electrons. The maximum absolute atomic E-state index is 13.7. The second-order valence-electron chi connectivity index (χ2n) is 9.47. The van der Waals surface area contributed by atoms with Crippen LogP contribution in [0.3, 0.4) is 0 Å². The Bertz CT molecular complexity index is 1210. The third-order valence-electron chi connectivity index (χ3n) is 6.92. The van der Waals surface area contributed by atoms with Gasteiger partial charge in [-0.15, -0.1) is 0 Å². The Kier molecular flexibility index (Phi) is 6.63. The number of fused-ring (bicyclic) bond motifs is 1. The monoisotopic (exact) mass is 460 g/mol. The molecule has 2 saturated heterocycles. The zero-order valence-corrected chi connectivity index (χ0v) is 19.7. The lowest BCUT2D eigenvalue weighted by atomic mass is 9.97. The van der Waals surface area contributed by atoms with Crippen LogP contribution in [0.5, 0.6) is 0 Å². The molecule has 3 heterocycles. The van der Waals surface area contributed by atoms with Crippen LogP contribution in [0.2, 0.25) is 0 Å². The average Bonchev–Trinajstić information content (AvgIpc) is 3.39. The van der Waals surface area contributed by atoms with Crippen molar-refractivity contribution in [3.8, 4) is 0 Å². The van der Waals surface area contributed by atoms with E-state index in [4.69, 9.17) is 9.72 Å². The zero-order valence-electron chi connectivity index (χ0n) is 19.7. The first-order valence-corrected chi connectivity index (χ1v) is 12.3. The highest BCUT2D eigenvalue weighted by Gasteiger charge is 2.29. The van der Waals surface area contributed by atoms with Crippen LogP contribution in [-0.4, -0.2) is 47.8 Å². The molecule has 2 aromatic carbocycles. The van der Waals surface area contributed by atoms with Crippen molar-refractivity contribution in [3.05, 3.63) is 70.0 Å². The molecule has 178 valence electrons. The second kappa shape index (κ2) is 9.97. The summed E-state index contributed by atoms with van der Waals surface area (Å²) in [5.74, 6) is 0.316. The van der Waals surface area contributed by atoms with Crippen molar-refractivity contribution in [2.75, 3.05) is 31.1 Å². The Labute approximate surface area is 199 Å². The number of carbonyl (C=O) groups is 1. The van der Waals surface area contributed by atoms with E-state index in [9.17, 15) is 9.59 Å². The van der Waals surface area contributed by atoms with Crippen LogP contribution in [0.4, 0.5) is 5.82 Å². The minimum absolute atomic E-state index is 0.0426. The Morgan fingerprint density at radius 2 is 1.94 bits per heavy atom. The summed E-state index contributed by atoms with van der Waals surface area (Å²) in [5.41, 5.74) is 3.75. The number of aryl methyl sites for hydroxylation is 1. The molecule has 1 amide bonds. The van der Waals surface area contributed by atoms with Gasteiger partial charge in [0.05, 0.1) is 29.6 Å². The Morgan fingerprint density at radius 1 is 1.12 bits per heavy atom. The number of nitrogens with zero attached hydrogens (tertiary/aromatic N) is 3. The van der Waals surface area contributed by atoms with Crippen molar-refractivity contribution in [1.29, 1.82) is 0 Å². The number of benzene rings is 2. The lowest BCUT2D eigenvalue weighted by Gasteiger charge is -2.33. The predicted octanol–water partition coefficient (Wildman–Crippen LogP) is 3.26. The number of carbonyl (C=O) groups excluding carboxylic acids is 1. The lowest BCUT2D eigenvalue weighted by molar-refractivity contribution is -0.125. The Morgan fingerprint density at radius 3 is 2.74 bits per heavy atom. The van der Waals surface area contributed by atoms with Gasteiger partial charge in [0, 0.05) is 26.2 Å². The Balaban J connectivity index is 1.40. The number of piperidine rings is 1. The van der Waals surface area contributed by atoms with E-state index < -0.39 is 0 Å². The Hall–Kier alpha value is -3.19. The van der Waals surface area contributed by atoms with E-state index in [1.165, 1.54) is 5.56 Å². The van der Waals surface area contributed by atoms with Crippen LogP contribution >= 0.6 is 0 Å². The number of rotatable bonds is 6. The van der Waals surface area contributed by atoms with Gasteiger partial charge >= 0.3 is 0 Å². The smallest absolute Gasteiger partial charge is 0.294 e. The van der Waals surface area contributed by atoms with E-state index in [-0.39, 0.29) is 23.5 Å². The van der Waals surface area contributed by atoms with E-state index in [2.05, 4.69) is 36.5 Å². The van der Waals surface area contributed by atoms with Crippen molar-refractivity contribution in [2.24, 2.45) is 5.92 Å². The number of para-hydroxylation sites is 2. The molecule has 0 spiro atoms. The van der Waals surface area contributed by atoms with Crippen molar-refractivity contribution in [2.45, 2.75) is 45.3 Å². The molecule has 34 heavy (non-hydrogen) atoms. The molecule has 2 atom stereocenters. The van der Waals surface area contributed by atoms with Crippen LogP contribution < -0.4 is 15.8 Å². The molecule has 7 nitrogen and oxygen atoms in total. The summed E-state index contributed by atoms with van der Waals surface area (Å²) in [6, 6.07) is 16.0. The van der Waals surface area contributed by atoms with Gasteiger partial charge in [-0.1, -0.05) is 42.0 Å². The summed E-state index contributed by atoms with van der Waals surface area (Å²) in [7, 11) is 0. The highest BCUT2D eigenvalue weighted by molar-refractivity contribution is 5.80. The van der Waals surface area contributed by atoms with E-state index in [0.29, 0.717) is 25.5 Å². The zero-order chi connectivity index (χ0) is 23.5. The fourth-order valence-corrected chi connectivity index (χ4v) is 4.97. The topological polar surface area (TPSA) is 76.5 Å². The molecule has 0 bridgehead atoms. The molecule has 0 aliphatic carbocycles. The minimum atomic E-state index is -0.159. The molecule has 0 unspecified atom stereocenters. The number of anilines is 1. The molecule has 2 aliphatic heterocycles. The number of nitrogens with one attached hydrogen (secondary N) is 1. The van der Waals surface area contributed by atoms with Crippen LogP contribution in [-0.2, 0) is 16.1 Å². The largest absolute Gasteiger partial charge is 0.376 e. The van der Waals surface area contributed by atoms with Gasteiger partial charge in [-0.25, -0.2) is 4.98 Å². The first kappa shape index (κ1) is 22.6. The summed E-state index contributed by atoms with van der Waals surface area (Å²) in [6.45, 7) is 5.10. The van der Waals surface area contributed by atoms with Gasteiger partial charge in [0.25, 0.3) is 5.56 Å². The van der Waals surface area contributed by atoms with Crippen molar-refractivity contribution >= 4 is 22.8 Å². The van der Waals surface area contributed by atoms with E-state index in [0.717, 1.165) is 55.4 Å². The standard InChI is InChI=1S/C27H32N4O3/c1-19-10-12-20(13-11-19)17-31-24-9-3-2-8-23(24)29-25(27(31)33)30-14-4-6-21(18-30)26(32)28-16-22-7-5-15-34-22/h2-3,8-13,21-22H,4-7,14-18H2,1H3,(H,28,32)/t21-,22-/m1/s1.